The zero-order valence-corrected chi connectivity index (χ0v) is 34.4. The molecule has 0 amide bonds. The lowest BCUT2D eigenvalue weighted by Crippen LogP contribution is -2.25. The van der Waals surface area contributed by atoms with Crippen molar-refractivity contribution >= 4 is 53.9 Å². The lowest BCUT2D eigenvalue weighted by molar-refractivity contribution is 0.796. The Balaban J connectivity index is 0.991. The third-order valence-electron chi connectivity index (χ3n) is 14.4. The van der Waals surface area contributed by atoms with Gasteiger partial charge in [0.15, 0.2) is 0 Å². The molecule has 0 saturated heterocycles. The summed E-state index contributed by atoms with van der Waals surface area (Å²) in [6.45, 7) is 0. The van der Waals surface area contributed by atoms with Crippen molar-refractivity contribution < 1.29 is 0 Å². The first-order valence-corrected chi connectivity index (χ1v) is 22.1. The molecule has 0 aromatic heterocycles. The van der Waals surface area contributed by atoms with Gasteiger partial charge in [-0.05, 0) is 174 Å². The van der Waals surface area contributed by atoms with Crippen LogP contribution in [0.1, 0.15) is 22.3 Å². The van der Waals surface area contributed by atoms with Gasteiger partial charge in [0.05, 0.1) is 5.41 Å². The first kappa shape index (κ1) is 34.6. The first-order chi connectivity index (χ1) is 31.2. The molecular formula is C63H38. The highest BCUT2D eigenvalue weighted by atomic mass is 14.5. The highest BCUT2D eigenvalue weighted by Gasteiger charge is 2.51. The van der Waals surface area contributed by atoms with Gasteiger partial charge in [0, 0.05) is 0 Å². The Bertz CT molecular complexity index is 3800. The maximum absolute atomic E-state index is 2.54. The van der Waals surface area contributed by atoms with E-state index >= 15 is 0 Å². The van der Waals surface area contributed by atoms with Crippen LogP contribution in [0.5, 0.6) is 0 Å². The molecule has 2 aliphatic carbocycles. The average Bonchev–Trinajstić information content (AvgIpc) is 3.80. The summed E-state index contributed by atoms with van der Waals surface area (Å²) in [5.41, 5.74) is 17.9. The molecule has 0 saturated carbocycles. The molecule has 63 heavy (non-hydrogen) atoms. The molecule has 2 aliphatic rings. The molecule has 0 nitrogen and oxygen atoms in total. The van der Waals surface area contributed by atoms with Crippen LogP contribution in [0.4, 0.5) is 0 Å². The zero-order chi connectivity index (χ0) is 41.2. The minimum atomic E-state index is -0.421. The van der Waals surface area contributed by atoms with Crippen molar-refractivity contribution in [2.45, 2.75) is 5.41 Å². The third kappa shape index (κ3) is 4.81. The van der Waals surface area contributed by atoms with Crippen LogP contribution in [0.2, 0.25) is 0 Å². The maximum atomic E-state index is 2.54. The average molecular weight is 795 g/mol. The van der Waals surface area contributed by atoms with Gasteiger partial charge < -0.3 is 0 Å². The lowest BCUT2D eigenvalue weighted by atomic mass is 9.70. The van der Waals surface area contributed by atoms with Gasteiger partial charge in [0.1, 0.15) is 0 Å². The van der Waals surface area contributed by atoms with Crippen molar-refractivity contribution in [1.82, 2.24) is 0 Å². The third-order valence-corrected chi connectivity index (χ3v) is 14.4. The van der Waals surface area contributed by atoms with Gasteiger partial charge in [-0.15, -0.1) is 0 Å². The number of rotatable bonds is 3. The zero-order valence-electron chi connectivity index (χ0n) is 34.4. The van der Waals surface area contributed by atoms with E-state index in [1.807, 2.05) is 0 Å². The molecule has 0 heterocycles. The van der Waals surface area contributed by atoms with Gasteiger partial charge in [-0.25, -0.2) is 0 Å². The van der Waals surface area contributed by atoms with Gasteiger partial charge >= 0.3 is 0 Å². The topological polar surface area (TPSA) is 0 Å². The molecule has 1 spiro atoms. The van der Waals surface area contributed by atoms with Gasteiger partial charge in [-0.3, -0.25) is 0 Å². The van der Waals surface area contributed by atoms with Gasteiger partial charge in [-0.1, -0.05) is 188 Å². The highest BCUT2D eigenvalue weighted by molar-refractivity contribution is 6.22. The van der Waals surface area contributed by atoms with E-state index in [9.17, 15) is 0 Å². The van der Waals surface area contributed by atoms with Crippen molar-refractivity contribution in [1.29, 1.82) is 0 Å². The Hall–Kier alpha value is -8.06. The Kier molecular flexibility index (Phi) is 7.13. The second-order valence-corrected chi connectivity index (χ2v) is 17.5. The molecule has 12 aromatic rings. The number of hydrogen-bond acceptors (Lipinski definition) is 0. The second-order valence-electron chi connectivity index (χ2n) is 17.5. The monoisotopic (exact) mass is 794 g/mol. The van der Waals surface area contributed by atoms with Crippen LogP contribution in [0, 0.1) is 0 Å². The molecule has 0 atom stereocenters. The van der Waals surface area contributed by atoms with E-state index in [4.69, 9.17) is 0 Å². The first-order valence-electron chi connectivity index (χ1n) is 22.1. The largest absolute Gasteiger partial charge is 0.0725 e. The molecule has 14 rings (SSSR count). The quantitative estimate of drug-likeness (QED) is 0.156. The van der Waals surface area contributed by atoms with E-state index in [0.717, 1.165) is 0 Å². The normalized spacial score (nSPS) is 13.2. The molecule has 0 fully saturated rings. The summed E-state index contributed by atoms with van der Waals surface area (Å²) in [6, 6.07) is 86.8. The smallest absolute Gasteiger partial charge is 0.0622 e. The summed E-state index contributed by atoms with van der Waals surface area (Å²) in [5, 5.41) is 12.6. The van der Waals surface area contributed by atoms with Crippen LogP contribution in [0.3, 0.4) is 0 Å². The molecule has 0 radical (unpaired) electrons. The summed E-state index contributed by atoms with van der Waals surface area (Å²) in [4.78, 5) is 0. The van der Waals surface area contributed by atoms with E-state index in [2.05, 4.69) is 231 Å². The van der Waals surface area contributed by atoms with Gasteiger partial charge in [-0.2, -0.15) is 0 Å². The molecule has 0 bridgehead atoms. The van der Waals surface area contributed by atoms with Gasteiger partial charge in [0.25, 0.3) is 0 Å². The van der Waals surface area contributed by atoms with Crippen LogP contribution >= 0.6 is 0 Å². The Morgan fingerprint density at radius 1 is 0.206 bits per heavy atom. The minimum Gasteiger partial charge on any atom is -0.0622 e. The molecule has 12 aromatic carbocycles. The number of benzene rings is 12. The van der Waals surface area contributed by atoms with Crippen LogP contribution in [0.25, 0.3) is 109 Å². The number of fused-ring (bicyclic) bond motifs is 15. The van der Waals surface area contributed by atoms with Crippen molar-refractivity contribution in [3.05, 3.63) is 253 Å². The maximum Gasteiger partial charge on any atom is 0.0725 e. The predicted molar refractivity (Wildman–Crippen MR) is 267 cm³/mol. The Morgan fingerprint density at radius 3 is 1.14 bits per heavy atom. The van der Waals surface area contributed by atoms with Crippen LogP contribution < -0.4 is 0 Å². The second kappa shape index (κ2) is 13.0. The summed E-state index contributed by atoms with van der Waals surface area (Å²) in [5.74, 6) is 0. The summed E-state index contributed by atoms with van der Waals surface area (Å²) in [6.07, 6.45) is 0. The van der Waals surface area contributed by atoms with Crippen LogP contribution in [0.15, 0.2) is 231 Å². The summed E-state index contributed by atoms with van der Waals surface area (Å²) < 4.78 is 0. The predicted octanol–water partition coefficient (Wildman–Crippen LogP) is 16.8. The molecule has 290 valence electrons. The minimum absolute atomic E-state index is 0.421. The van der Waals surface area contributed by atoms with E-state index in [1.165, 1.54) is 132 Å². The molecule has 0 aliphatic heterocycles. The van der Waals surface area contributed by atoms with Crippen molar-refractivity contribution in [2.75, 3.05) is 0 Å². The van der Waals surface area contributed by atoms with Crippen molar-refractivity contribution in [3.63, 3.8) is 0 Å². The summed E-state index contributed by atoms with van der Waals surface area (Å²) in [7, 11) is 0. The fourth-order valence-corrected chi connectivity index (χ4v) is 11.7. The number of hydrogen-bond donors (Lipinski definition) is 0. The molecular weight excluding hydrogens is 757 g/mol. The van der Waals surface area contributed by atoms with E-state index < -0.39 is 5.41 Å². The standard InChI is InChI=1S/C63H38/c1-2-14-39(15-3-1)42-26-27-44-33-46(30-28-43(44)32-42)61-51-20-6-8-22-53(51)62(54-23-9-7-21-52(54)61)47-31-29-45-36-56-55-35-40-16-4-5-17-41(40)37-59(55)63(60(56)38-48(45)34-47)57-24-12-10-18-49(57)50-19-11-13-25-58(50)63/h1-38H. The Labute approximate surface area is 366 Å². The fraction of sp³-hybridized carbons (Fsp3) is 0.0159. The fourth-order valence-electron chi connectivity index (χ4n) is 11.7. The molecule has 0 heteroatoms. The SMILES string of the molecule is c1ccc(-c2ccc3cc(-c4c5ccccc5c(-c5ccc6cc7c(cc6c5)C5(c6ccccc6-c6ccccc65)c5cc6ccccc6cc5-7)c5ccccc45)ccc3c2)cc1. The molecule has 0 unspecified atom stereocenters. The van der Waals surface area contributed by atoms with Gasteiger partial charge in [0.2, 0.25) is 0 Å². The van der Waals surface area contributed by atoms with E-state index in [1.54, 1.807) is 0 Å². The van der Waals surface area contributed by atoms with E-state index in [-0.39, 0.29) is 0 Å². The molecule has 0 N–H and O–H groups in total. The van der Waals surface area contributed by atoms with E-state index in [0.29, 0.717) is 0 Å². The van der Waals surface area contributed by atoms with Crippen LogP contribution in [-0.2, 0) is 5.41 Å². The van der Waals surface area contributed by atoms with Crippen molar-refractivity contribution in [2.24, 2.45) is 0 Å². The Morgan fingerprint density at radius 2 is 0.587 bits per heavy atom. The highest BCUT2D eigenvalue weighted by Crippen LogP contribution is 2.63. The summed E-state index contributed by atoms with van der Waals surface area (Å²) >= 11 is 0. The van der Waals surface area contributed by atoms with Crippen molar-refractivity contribution in [3.8, 4) is 55.6 Å². The lowest BCUT2D eigenvalue weighted by Gasteiger charge is -2.30. The van der Waals surface area contributed by atoms with Crippen LogP contribution in [-0.4, -0.2) is 0 Å².